The molecule has 3 fully saturated rings. The number of hydrogen-bond donors (Lipinski definition) is 1. The van der Waals surface area contributed by atoms with E-state index in [1.807, 2.05) is 6.92 Å². The first-order chi connectivity index (χ1) is 8.20. The Morgan fingerprint density at radius 1 is 1.29 bits per heavy atom. The molecule has 2 saturated carbocycles. The first-order valence-corrected chi connectivity index (χ1v) is 7.27. The van der Waals surface area contributed by atoms with Gasteiger partial charge in [0.2, 0.25) is 5.91 Å². The molecule has 1 saturated heterocycles. The molecule has 3 nitrogen and oxygen atoms in total. The molecule has 3 heteroatoms. The summed E-state index contributed by atoms with van der Waals surface area (Å²) >= 11 is 0. The number of nitrogens with one attached hydrogen (secondary N) is 1. The first-order valence-electron chi connectivity index (χ1n) is 7.27. The van der Waals surface area contributed by atoms with E-state index in [0.29, 0.717) is 5.91 Å². The molecule has 0 aromatic heterocycles. The van der Waals surface area contributed by atoms with Crippen molar-refractivity contribution in [2.75, 3.05) is 6.54 Å². The average molecular weight is 236 g/mol. The van der Waals surface area contributed by atoms with Crippen LogP contribution in [0.15, 0.2) is 0 Å². The molecular formula is C14H24N2O. The minimum atomic E-state index is 0.0269. The second-order valence-corrected chi connectivity index (χ2v) is 6.14. The van der Waals surface area contributed by atoms with Crippen LogP contribution >= 0.6 is 0 Å². The maximum Gasteiger partial charge on any atom is 0.240 e. The predicted octanol–water partition coefficient (Wildman–Crippen LogP) is 1.98. The SMILES string of the molecule is CCC1NC(C)C(=O)N1CC(C1CC1)C1CC1. The quantitative estimate of drug-likeness (QED) is 0.791. The van der Waals surface area contributed by atoms with Gasteiger partial charge in [0, 0.05) is 6.54 Å². The molecule has 96 valence electrons. The zero-order valence-electron chi connectivity index (χ0n) is 11.0. The third-order valence-corrected chi connectivity index (χ3v) is 4.72. The van der Waals surface area contributed by atoms with Crippen LogP contribution in [0.1, 0.15) is 46.0 Å². The third-order valence-electron chi connectivity index (χ3n) is 4.72. The maximum atomic E-state index is 12.2. The van der Waals surface area contributed by atoms with Crippen LogP contribution in [0.25, 0.3) is 0 Å². The minimum absolute atomic E-state index is 0.0269. The van der Waals surface area contributed by atoms with E-state index in [1.54, 1.807) is 0 Å². The lowest BCUT2D eigenvalue weighted by atomic mass is 9.97. The Hall–Kier alpha value is -0.570. The Labute approximate surface area is 104 Å². The van der Waals surface area contributed by atoms with Crippen LogP contribution < -0.4 is 5.32 Å². The molecule has 1 amide bonds. The van der Waals surface area contributed by atoms with E-state index in [0.717, 1.165) is 30.7 Å². The van der Waals surface area contributed by atoms with Gasteiger partial charge in [0.05, 0.1) is 12.2 Å². The summed E-state index contributed by atoms with van der Waals surface area (Å²) in [5.74, 6) is 3.00. The number of carbonyl (C=O) groups excluding carboxylic acids is 1. The number of nitrogens with zero attached hydrogens (tertiary/aromatic N) is 1. The molecule has 3 rings (SSSR count). The molecule has 0 aromatic rings. The van der Waals surface area contributed by atoms with Gasteiger partial charge in [-0.15, -0.1) is 0 Å². The summed E-state index contributed by atoms with van der Waals surface area (Å²) in [7, 11) is 0. The normalized spacial score (nSPS) is 33.8. The van der Waals surface area contributed by atoms with E-state index in [9.17, 15) is 4.79 Å². The highest BCUT2D eigenvalue weighted by atomic mass is 16.2. The Balaban J connectivity index is 1.67. The van der Waals surface area contributed by atoms with Gasteiger partial charge in [-0.2, -0.15) is 0 Å². The van der Waals surface area contributed by atoms with Crippen molar-refractivity contribution in [3.63, 3.8) is 0 Å². The Kier molecular flexibility index (Phi) is 2.89. The zero-order valence-corrected chi connectivity index (χ0v) is 11.0. The lowest BCUT2D eigenvalue weighted by Gasteiger charge is -2.28. The van der Waals surface area contributed by atoms with Crippen LogP contribution in [0.2, 0.25) is 0 Å². The van der Waals surface area contributed by atoms with Crippen molar-refractivity contribution < 1.29 is 4.79 Å². The summed E-state index contributed by atoms with van der Waals surface area (Å²) < 4.78 is 0. The summed E-state index contributed by atoms with van der Waals surface area (Å²) in [6.45, 7) is 5.18. The minimum Gasteiger partial charge on any atom is -0.326 e. The average Bonchev–Trinajstić information content (AvgIpc) is 3.19. The van der Waals surface area contributed by atoms with Crippen molar-refractivity contribution in [2.45, 2.75) is 58.2 Å². The van der Waals surface area contributed by atoms with Gasteiger partial charge in [-0.25, -0.2) is 0 Å². The summed E-state index contributed by atoms with van der Waals surface area (Å²) in [4.78, 5) is 14.3. The van der Waals surface area contributed by atoms with Crippen LogP contribution in [0.3, 0.4) is 0 Å². The van der Waals surface area contributed by atoms with Crippen LogP contribution in [0.5, 0.6) is 0 Å². The number of amides is 1. The topological polar surface area (TPSA) is 32.3 Å². The molecule has 2 atom stereocenters. The Morgan fingerprint density at radius 3 is 2.35 bits per heavy atom. The molecule has 1 N–H and O–H groups in total. The highest BCUT2D eigenvalue weighted by Crippen LogP contribution is 2.49. The van der Waals surface area contributed by atoms with Gasteiger partial charge in [-0.1, -0.05) is 6.92 Å². The van der Waals surface area contributed by atoms with Gasteiger partial charge in [0.25, 0.3) is 0 Å². The van der Waals surface area contributed by atoms with Crippen molar-refractivity contribution in [3.8, 4) is 0 Å². The molecule has 0 aromatic carbocycles. The van der Waals surface area contributed by atoms with Crippen molar-refractivity contribution >= 4 is 5.91 Å². The second kappa shape index (κ2) is 4.27. The number of hydrogen-bond acceptors (Lipinski definition) is 2. The monoisotopic (exact) mass is 236 g/mol. The highest BCUT2D eigenvalue weighted by molar-refractivity contribution is 5.83. The van der Waals surface area contributed by atoms with Gasteiger partial charge in [-0.3, -0.25) is 10.1 Å². The molecule has 0 radical (unpaired) electrons. The highest BCUT2D eigenvalue weighted by Gasteiger charge is 2.45. The maximum absolute atomic E-state index is 12.2. The van der Waals surface area contributed by atoms with E-state index in [-0.39, 0.29) is 12.2 Å². The molecule has 2 unspecified atom stereocenters. The molecule has 1 heterocycles. The standard InChI is InChI=1S/C14H24N2O/c1-3-13-15-9(2)14(17)16(13)8-12(10-4-5-10)11-6-7-11/h9-13,15H,3-8H2,1-2H3. The first kappa shape index (κ1) is 11.5. The van der Waals surface area contributed by atoms with Gasteiger partial charge >= 0.3 is 0 Å². The third kappa shape index (κ3) is 2.22. The van der Waals surface area contributed by atoms with Gasteiger partial charge < -0.3 is 4.90 Å². The fraction of sp³-hybridized carbons (Fsp3) is 0.929. The smallest absolute Gasteiger partial charge is 0.240 e. The summed E-state index contributed by atoms with van der Waals surface area (Å²) in [6, 6.07) is 0.0269. The molecule has 0 spiro atoms. The van der Waals surface area contributed by atoms with Crippen LogP contribution in [0, 0.1) is 17.8 Å². The summed E-state index contributed by atoms with van der Waals surface area (Å²) in [5, 5.41) is 3.40. The predicted molar refractivity (Wildman–Crippen MR) is 67.3 cm³/mol. The fourth-order valence-electron chi connectivity index (χ4n) is 3.37. The van der Waals surface area contributed by atoms with Crippen LogP contribution in [0.4, 0.5) is 0 Å². The van der Waals surface area contributed by atoms with Crippen molar-refractivity contribution in [1.82, 2.24) is 10.2 Å². The van der Waals surface area contributed by atoms with Gasteiger partial charge in [-0.05, 0) is 56.8 Å². The van der Waals surface area contributed by atoms with Gasteiger partial charge in [0.1, 0.15) is 0 Å². The number of carbonyl (C=O) groups is 1. The number of rotatable bonds is 5. The van der Waals surface area contributed by atoms with Crippen LogP contribution in [-0.4, -0.2) is 29.6 Å². The molecule has 2 aliphatic carbocycles. The van der Waals surface area contributed by atoms with E-state index in [1.165, 1.54) is 25.7 Å². The lowest BCUT2D eigenvalue weighted by molar-refractivity contribution is -0.130. The van der Waals surface area contributed by atoms with Crippen molar-refractivity contribution in [2.24, 2.45) is 17.8 Å². The Bertz CT molecular complexity index is 297. The van der Waals surface area contributed by atoms with E-state index >= 15 is 0 Å². The second-order valence-electron chi connectivity index (χ2n) is 6.14. The van der Waals surface area contributed by atoms with Crippen molar-refractivity contribution in [1.29, 1.82) is 0 Å². The van der Waals surface area contributed by atoms with Crippen LogP contribution in [-0.2, 0) is 4.79 Å². The van der Waals surface area contributed by atoms with E-state index in [4.69, 9.17) is 0 Å². The Morgan fingerprint density at radius 2 is 1.88 bits per heavy atom. The van der Waals surface area contributed by atoms with Crippen molar-refractivity contribution in [3.05, 3.63) is 0 Å². The fourth-order valence-corrected chi connectivity index (χ4v) is 3.37. The molecule has 0 bridgehead atoms. The lowest BCUT2D eigenvalue weighted by Crippen LogP contribution is -2.41. The molecule has 17 heavy (non-hydrogen) atoms. The van der Waals surface area contributed by atoms with E-state index in [2.05, 4.69) is 17.1 Å². The molecule has 3 aliphatic rings. The van der Waals surface area contributed by atoms with E-state index < -0.39 is 0 Å². The molecular weight excluding hydrogens is 212 g/mol. The van der Waals surface area contributed by atoms with Gasteiger partial charge in [0.15, 0.2) is 0 Å². The molecule has 1 aliphatic heterocycles. The largest absolute Gasteiger partial charge is 0.326 e. The summed E-state index contributed by atoms with van der Waals surface area (Å²) in [6.07, 6.45) is 6.94. The zero-order chi connectivity index (χ0) is 12.0. The summed E-state index contributed by atoms with van der Waals surface area (Å²) in [5.41, 5.74) is 0.